The number of fused-ring (bicyclic) bond motifs is 5. The van der Waals surface area contributed by atoms with Crippen molar-refractivity contribution in [3.63, 3.8) is 0 Å². The zero-order valence-corrected chi connectivity index (χ0v) is 19.0. The minimum atomic E-state index is -1.41. The van der Waals surface area contributed by atoms with Crippen molar-refractivity contribution in [2.45, 2.75) is 65.3 Å². The van der Waals surface area contributed by atoms with E-state index in [0.29, 0.717) is 12.0 Å². The monoisotopic (exact) mass is 432 g/mol. The molecular formula is C24H32O7. The number of aliphatic hydroxyl groups is 2. The van der Waals surface area contributed by atoms with Gasteiger partial charge in [-0.05, 0) is 24.5 Å². The summed E-state index contributed by atoms with van der Waals surface area (Å²) in [6.07, 6.45) is 3.05. The summed E-state index contributed by atoms with van der Waals surface area (Å²) in [5.41, 5.74) is -1.72. The third kappa shape index (κ3) is 2.75. The topological polar surface area (TPSA) is 110 Å². The maximum absolute atomic E-state index is 13.0. The lowest BCUT2D eigenvalue weighted by molar-refractivity contribution is -0.207. The van der Waals surface area contributed by atoms with E-state index in [0.717, 1.165) is 5.57 Å². The van der Waals surface area contributed by atoms with E-state index >= 15 is 0 Å². The van der Waals surface area contributed by atoms with E-state index in [1.54, 1.807) is 13.8 Å². The molecule has 7 heteroatoms. The van der Waals surface area contributed by atoms with Gasteiger partial charge in [0, 0.05) is 48.9 Å². The highest BCUT2D eigenvalue weighted by atomic mass is 16.6. The smallest absolute Gasteiger partial charge is 0.303 e. The summed E-state index contributed by atoms with van der Waals surface area (Å²) in [6.45, 7) is 10.1. The SMILES string of the molecule is CC(=O)OCC1=C[C@H]2[C@@H]3C(C)(C)[C@]3(OC(C)=O)[C@H](O)[C@@H](C)[C@]2(O)[C@@H]2C=C(C)C(=O)[C@@H]2C1. The Morgan fingerprint density at radius 2 is 1.81 bits per heavy atom. The minimum absolute atomic E-state index is 0.0265. The van der Waals surface area contributed by atoms with E-state index in [-0.39, 0.29) is 18.3 Å². The van der Waals surface area contributed by atoms with Crippen molar-refractivity contribution >= 4 is 17.7 Å². The number of allylic oxidation sites excluding steroid dienone is 1. The maximum atomic E-state index is 13.0. The molecule has 0 heterocycles. The van der Waals surface area contributed by atoms with Crippen LogP contribution in [0.1, 0.15) is 48.0 Å². The summed E-state index contributed by atoms with van der Waals surface area (Å²) in [6, 6.07) is 0. The molecule has 8 atom stereocenters. The molecule has 2 saturated carbocycles. The lowest BCUT2D eigenvalue weighted by Gasteiger charge is -2.51. The molecule has 0 bridgehead atoms. The van der Waals surface area contributed by atoms with Gasteiger partial charge in [0.05, 0.1) is 11.7 Å². The van der Waals surface area contributed by atoms with Gasteiger partial charge in [0.25, 0.3) is 0 Å². The van der Waals surface area contributed by atoms with Gasteiger partial charge in [-0.25, -0.2) is 0 Å². The molecule has 0 saturated heterocycles. The Hall–Kier alpha value is -1.99. The zero-order chi connectivity index (χ0) is 23.1. The maximum Gasteiger partial charge on any atom is 0.303 e. The molecule has 0 aromatic heterocycles. The van der Waals surface area contributed by atoms with Gasteiger partial charge < -0.3 is 19.7 Å². The van der Waals surface area contributed by atoms with Crippen LogP contribution in [-0.4, -0.2) is 51.8 Å². The average Bonchev–Trinajstić information content (AvgIpc) is 3.06. The van der Waals surface area contributed by atoms with Gasteiger partial charge in [0.15, 0.2) is 5.78 Å². The van der Waals surface area contributed by atoms with Crippen LogP contribution >= 0.6 is 0 Å². The van der Waals surface area contributed by atoms with Crippen molar-refractivity contribution in [1.29, 1.82) is 0 Å². The van der Waals surface area contributed by atoms with Crippen molar-refractivity contribution in [1.82, 2.24) is 0 Å². The number of carbonyl (C=O) groups is 3. The Morgan fingerprint density at radius 3 is 2.39 bits per heavy atom. The quantitative estimate of drug-likeness (QED) is 0.518. The van der Waals surface area contributed by atoms with Crippen molar-refractivity contribution in [2.75, 3.05) is 6.61 Å². The molecule has 2 fully saturated rings. The van der Waals surface area contributed by atoms with E-state index in [4.69, 9.17) is 9.47 Å². The first kappa shape index (κ1) is 22.2. The molecule has 0 spiro atoms. The van der Waals surface area contributed by atoms with Crippen LogP contribution in [0.3, 0.4) is 0 Å². The average molecular weight is 433 g/mol. The largest absolute Gasteiger partial charge is 0.461 e. The van der Waals surface area contributed by atoms with Crippen molar-refractivity contribution in [3.05, 3.63) is 23.3 Å². The number of Topliss-reactive ketones (excluding diaryl/α,β-unsaturated/α-hetero) is 1. The van der Waals surface area contributed by atoms with Gasteiger partial charge in [-0.1, -0.05) is 32.9 Å². The van der Waals surface area contributed by atoms with E-state index in [1.165, 1.54) is 13.8 Å². The number of aliphatic hydroxyl groups excluding tert-OH is 1. The Kier molecular flexibility index (Phi) is 4.84. The van der Waals surface area contributed by atoms with Gasteiger partial charge in [0.1, 0.15) is 12.2 Å². The lowest BCUT2D eigenvalue weighted by atomic mass is 9.60. The van der Waals surface area contributed by atoms with E-state index in [9.17, 15) is 24.6 Å². The van der Waals surface area contributed by atoms with E-state index < -0.39 is 58.3 Å². The fourth-order valence-corrected chi connectivity index (χ4v) is 7.03. The first-order valence-corrected chi connectivity index (χ1v) is 11.0. The molecule has 7 nitrogen and oxygen atoms in total. The van der Waals surface area contributed by atoms with Crippen molar-refractivity contribution in [3.8, 4) is 0 Å². The van der Waals surface area contributed by atoms with Crippen LogP contribution in [0.4, 0.5) is 0 Å². The normalized spacial score (nSPS) is 44.7. The summed E-state index contributed by atoms with van der Waals surface area (Å²) < 4.78 is 11.0. The van der Waals surface area contributed by atoms with Gasteiger partial charge in [-0.15, -0.1) is 0 Å². The highest BCUT2D eigenvalue weighted by molar-refractivity contribution is 6.00. The molecule has 0 unspecified atom stereocenters. The zero-order valence-electron chi connectivity index (χ0n) is 19.0. The Balaban J connectivity index is 1.87. The number of hydrogen-bond acceptors (Lipinski definition) is 7. The van der Waals surface area contributed by atoms with Gasteiger partial charge >= 0.3 is 11.9 Å². The molecule has 2 N–H and O–H groups in total. The molecule has 0 radical (unpaired) electrons. The number of ether oxygens (including phenoxy) is 2. The molecule has 0 aromatic rings. The number of esters is 2. The third-order valence-corrected chi connectivity index (χ3v) is 8.49. The molecule has 0 amide bonds. The molecule has 170 valence electrons. The second kappa shape index (κ2) is 6.75. The third-order valence-electron chi connectivity index (χ3n) is 8.49. The molecule has 0 aromatic carbocycles. The predicted octanol–water partition coefficient (Wildman–Crippen LogP) is 1.96. The lowest BCUT2D eigenvalue weighted by Crippen LogP contribution is -2.62. The summed E-state index contributed by atoms with van der Waals surface area (Å²) in [5, 5.41) is 23.6. The molecule has 4 aliphatic rings. The van der Waals surface area contributed by atoms with E-state index in [1.807, 2.05) is 26.0 Å². The molecular weight excluding hydrogens is 400 g/mol. The standard InChI is InChI=1S/C24H32O7/c1-11-7-17-16(19(11)27)8-15(10-30-13(3)25)9-18-20-22(5,6)24(20,31-14(4)26)21(28)12(2)23(17,18)29/h7,9,12,16-18,20-21,28-29H,8,10H2,1-6H3/t12-,16-,17-,18+,20-,21-,23+,24-/m1/s1. The van der Waals surface area contributed by atoms with Crippen LogP contribution in [-0.2, 0) is 23.9 Å². The van der Waals surface area contributed by atoms with Crippen LogP contribution in [0.15, 0.2) is 23.3 Å². The Labute approximate surface area is 182 Å². The Morgan fingerprint density at radius 1 is 1.16 bits per heavy atom. The fourth-order valence-electron chi connectivity index (χ4n) is 7.03. The summed E-state index contributed by atoms with van der Waals surface area (Å²) in [4.78, 5) is 36.4. The highest BCUT2D eigenvalue weighted by Gasteiger charge is 2.86. The van der Waals surface area contributed by atoms with Crippen LogP contribution in [0, 0.1) is 35.0 Å². The van der Waals surface area contributed by atoms with Gasteiger partial charge in [-0.2, -0.15) is 0 Å². The highest BCUT2D eigenvalue weighted by Crippen LogP contribution is 2.76. The Bertz CT molecular complexity index is 915. The van der Waals surface area contributed by atoms with Gasteiger partial charge in [-0.3, -0.25) is 14.4 Å². The summed E-state index contributed by atoms with van der Waals surface area (Å²) in [7, 11) is 0. The molecule has 4 rings (SSSR count). The first-order valence-electron chi connectivity index (χ1n) is 11.0. The molecule has 31 heavy (non-hydrogen) atoms. The summed E-state index contributed by atoms with van der Waals surface area (Å²) >= 11 is 0. The number of carbonyl (C=O) groups excluding carboxylic acids is 3. The van der Waals surface area contributed by atoms with E-state index in [2.05, 4.69) is 0 Å². The summed E-state index contributed by atoms with van der Waals surface area (Å²) in [5.74, 6) is -3.34. The number of ketones is 1. The molecule has 0 aliphatic heterocycles. The minimum Gasteiger partial charge on any atom is -0.461 e. The van der Waals surface area contributed by atoms with Gasteiger partial charge in [0.2, 0.25) is 0 Å². The second-order valence-corrected chi connectivity index (χ2v) is 10.4. The second-order valence-electron chi connectivity index (χ2n) is 10.4. The van der Waals surface area contributed by atoms with Crippen LogP contribution in [0.25, 0.3) is 0 Å². The first-order chi connectivity index (χ1) is 14.3. The van der Waals surface area contributed by atoms with Crippen LogP contribution < -0.4 is 0 Å². The fraction of sp³-hybridized carbons (Fsp3) is 0.708. The molecule has 4 aliphatic carbocycles. The van der Waals surface area contributed by atoms with Crippen LogP contribution in [0.5, 0.6) is 0 Å². The van der Waals surface area contributed by atoms with Crippen molar-refractivity contribution in [2.24, 2.45) is 35.0 Å². The van der Waals surface area contributed by atoms with Crippen LogP contribution in [0.2, 0.25) is 0 Å². The van der Waals surface area contributed by atoms with Crippen molar-refractivity contribution < 1.29 is 34.1 Å². The number of rotatable bonds is 3. The number of hydrogen-bond donors (Lipinski definition) is 2. The predicted molar refractivity (Wildman–Crippen MR) is 110 cm³/mol.